The first kappa shape index (κ1) is 13.9. The van der Waals surface area contributed by atoms with Gasteiger partial charge in [0.2, 0.25) is 0 Å². The quantitative estimate of drug-likeness (QED) is 0.573. The molecule has 19 heavy (non-hydrogen) atoms. The van der Waals surface area contributed by atoms with Crippen molar-refractivity contribution in [3.8, 4) is 0 Å². The first-order valence-corrected chi connectivity index (χ1v) is 7.57. The highest BCUT2D eigenvalue weighted by molar-refractivity contribution is 7.99. The Labute approximate surface area is 118 Å². The van der Waals surface area contributed by atoms with E-state index < -0.39 is 0 Å². The zero-order valence-electron chi connectivity index (χ0n) is 11.1. The number of pyridine rings is 1. The first-order chi connectivity index (χ1) is 9.38. The molecule has 0 aliphatic heterocycles. The van der Waals surface area contributed by atoms with Gasteiger partial charge in [-0.25, -0.2) is 15.0 Å². The van der Waals surface area contributed by atoms with Crippen molar-refractivity contribution in [3.63, 3.8) is 0 Å². The number of rotatable bonds is 7. The van der Waals surface area contributed by atoms with Gasteiger partial charge in [-0.1, -0.05) is 37.6 Å². The van der Waals surface area contributed by atoms with Crippen molar-refractivity contribution in [2.45, 2.75) is 37.8 Å². The van der Waals surface area contributed by atoms with Crippen LogP contribution in [0.25, 0.3) is 0 Å². The third-order valence-electron chi connectivity index (χ3n) is 2.64. The normalized spacial score (nSPS) is 10.6. The Morgan fingerprint density at radius 3 is 2.84 bits per heavy atom. The van der Waals surface area contributed by atoms with E-state index >= 15 is 0 Å². The van der Waals surface area contributed by atoms with Crippen LogP contribution in [0.1, 0.15) is 37.7 Å². The molecule has 0 fully saturated rings. The molecule has 2 heterocycles. The number of thioether (sulfide) groups is 1. The third kappa shape index (κ3) is 4.95. The summed E-state index contributed by atoms with van der Waals surface area (Å²) in [4.78, 5) is 17.2. The van der Waals surface area contributed by atoms with Crippen LogP contribution in [0.2, 0.25) is 0 Å². The number of hydrogen-bond acceptors (Lipinski definition) is 5. The Kier molecular flexibility index (Phi) is 5.75. The predicted octanol–water partition coefficient (Wildman–Crippen LogP) is 3.14. The standard InChI is InChI=1S/C14H18N4S/c1-2-3-6-9-19-14-17-11-16-13(18-14)10-12-7-4-5-8-15-12/h4-5,7-8,11H,2-3,6,9-10H2,1H3. The maximum Gasteiger partial charge on any atom is 0.190 e. The van der Waals surface area contributed by atoms with Crippen molar-refractivity contribution in [2.75, 3.05) is 5.75 Å². The van der Waals surface area contributed by atoms with E-state index in [0.29, 0.717) is 6.42 Å². The molecule has 0 atom stereocenters. The van der Waals surface area contributed by atoms with Gasteiger partial charge in [0, 0.05) is 17.6 Å². The monoisotopic (exact) mass is 274 g/mol. The summed E-state index contributed by atoms with van der Waals surface area (Å²) in [7, 11) is 0. The molecule has 4 nitrogen and oxygen atoms in total. The lowest BCUT2D eigenvalue weighted by Crippen LogP contribution is -2.01. The Morgan fingerprint density at radius 2 is 2.05 bits per heavy atom. The summed E-state index contributed by atoms with van der Waals surface area (Å²) in [6.45, 7) is 2.21. The molecule has 2 rings (SSSR count). The minimum atomic E-state index is 0.659. The second kappa shape index (κ2) is 7.84. The van der Waals surface area contributed by atoms with Crippen LogP contribution in [0.15, 0.2) is 35.9 Å². The summed E-state index contributed by atoms with van der Waals surface area (Å²) in [6, 6.07) is 5.87. The van der Waals surface area contributed by atoms with E-state index in [9.17, 15) is 0 Å². The fourth-order valence-electron chi connectivity index (χ4n) is 1.65. The van der Waals surface area contributed by atoms with E-state index in [1.165, 1.54) is 19.3 Å². The largest absolute Gasteiger partial charge is 0.261 e. The highest BCUT2D eigenvalue weighted by atomic mass is 32.2. The van der Waals surface area contributed by atoms with Crippen molar-refractivity contribution in [1.82, 2.24) is 19.9 Å². The van der Waals surface area contributed by atoms with E-state index in [1.54, 1.807) is 24.3 Å². The van der Waals surface area contributed by atoms with E-state index in [-0.39, 0.29) is 0 Å². The zero-order chi connectivity index (χ0) is 13.3. The number of unbranched alkanes of at least 4 members (excludes halogenated alkanes) is 2. The molecule has 100 valence electrons. The van der Waals surface area contributed by atoms with E-state index in [4.69, 9.17) is 0 Å². The molecule has 2 aromatic rings. The number of hydrogen-bond donors (Lipinski definition) is 0. The summed E-state index contributed by atoms with van der Waals surface area (Å²) >= 11 is 1.70. The summed E-state index contributed by atoms with van der Waals surface area (Å²) in [5, 5.41) is 0.817. The van der Waals surface area contributed by atoms with Crippen LogP contribution in [0.5, 0.6) is 0 Å². The average Bonchev–Trinajstić information content (AvgIpc) is 2.45. The fraction of sp³-hybridized carbons (Fsp3) is 0.429. The first-order valence-electron chi connectivity index (χ1n) is 6.59. The number of nitrogens with zero attached hydrogens (tertiary/aromatic N) is 4. The van der Waals surface area contributed by atoms with Crippen LogP contribution in [0, 0.1) is 0 Å². The van der Waals surface area contributed by atoms with Crippen molar-refractivity contribution < 1.29 is 0 Å². The molecule has 0 aliphatic carbocycles. The van der Waals surface area contributed by atoms with Gasteiger partial charge in [-0.2, -0.15) is 0 Å². The second-order valence-corrected chi connectivity index (χ2v) is 5.30. The fourth-order valence-corrected chi connectivity index (χ4v) is 2.47. The Balaban J connectivity index is 1.91. The summed E-state index contributed by atoms with van der Waals surface area (Å²) < 4.78 is 0. The summed E-state index contributed by atoms with van der Waals surface area (Å²) in [5.41, 5.74) is 0.982. The van der Waals surface area contributed by atoms with Crippen molar-refractivity contribution >= 4 is 11.8 Å². The van der Waals surface area contributed by atoms with Gasteiger partial charge in [-0.05, 0) is 18.6 Å². The molecule has 0 saturated carbocycles. The lowest BCUT2D eigenvalue weighted by atomic mass is 10.2. The Morgan fingerprint density at radius 1 is 1.11 bits per heavy atom. The average molecular weight is 274 g/mol. The van der Waals surface area contributed by atoms with Gasteiger partial charge >= 0.3 is 0 Å². The molecule has 5 heteroatoms. The van der Waals surface area contributed by atoms with E-state index in [0.717, 1.165) is 22.4 Å². The second-order valence-electron chi connectivity index (χ2n) is 4.24. The van der Waals surface area contributed by atoms with E-state index in [1.807, 2.05) is 18.2 Å². The molecule has 0 N–H and O–H groups in total. The third-order valence-corrected chi connectivity index (χ3v) is 3.59. The topological polar surface area (TPSA) is 51.6 Å². The van der Waals surface area contributed by atoms with E-state index in [2.05, 4.69) is 26.9 Å². The Hall–Kier alpha value is -1.49. The molecule has 0 aromatic carbocycles. The lowest BCUT2D eigenvalue weighted by Gasteiger charge is -2.02. The maximum absolute atomic E-state index is 4.47. The molecular weight excluding hydrogens is 256 g/mol. The lowest BCUT2D eigenvalue weighted by molar-refractivity contribution is 0.773. The molecule has 0 aliphatic rings. The molecule has 0 amide bonds. The highest BCUT2D eigenvalue weighted by Gasteiger charge is 2.03. The van der Waals surface area contributed by atoms with Gasteiger partial charge < -0.3 is 0 Å². The van der Waals surface area contributed by atoms with Crippen LogP contribution in [-0.2, 0) is 6.42 Å². The molecule has 0 spiro atoms. The molecular formula is C14H18N4S. The van der Waals surface area contributed by atoms with Crippen LogP contribution in [0.4, 0.5) is 0 Å². The molecule has 0 saturated heterocycles. The van der Waals surface area contributed by atoms with Gasteiger partial charge in [0.25, 0.3) is 0 Å². The van der Waals surface area contributed by atoms with Crippen molar-refractivity contribution in [2.24, 2.45) is 0 Å². The van der Waals surface area contributed by atoms with Gasteiger partial charge in [-0.15, -0.1) is 0 Å². The minimum absolute atomic E-state index is 0.659. The highest BCUT2D eigenvalue weighted by Crippen LogP contribution is 2.15. The van der Waals surface area contributed by atoms with Crippen LogP contribution >= 0.6 is 11.8 Å². The molecule has 0 radical (unpaired) electrons. The molecule has 0 unspecified atom stereocenters. The number of aromatic nitrogens is 4. The Bertz CT molecular complexity index is 490. The SMILES string of the molecule is CCCCCSc1ncnc(Cc2ccccn2)n1. The van der Waals surface area contributed by atoms with Crippen molar-refractivity contribution in [3.05, 3.63) is 42.2 Å². The smallest absolute Gasteiger partial charge is 0.190 e. The zero-order valence-corrected chi connectivity index (χ0v) is 11.9. The molecule has 0 bridgehead atoms. The van der Waals surface area contributed by atoms with Crippen molar-refractivity contribution in [1.29, 1.82) is 0 Å². The summed E-state index contributed by atoms with van der Waals surface area (Å²) in [6.07, 6.45) is 7.75. The van der Waals surface area contributed by atoms with Crippen LogP contribution in [0.3, 0.4) is 0 Å². The van der Waals surface area contributed by atoms with Gasteiger partial charge in [0.05, 0.1) is 6.42 Å². The van der Waals surface area contributed by atoms with Crippen LogP contribution in [-0.4, -0.2) is 25.7 Å². The maximum atomic E-state index is 4.47. The van der Waals surface area contributed by atoms with Gasteiger partial charge in [-0.3, -0.25) is 4.98 Å². The van der Waals surface area contributed by atoms with Crippen LogP contribution < -0.4 is 0 Å². The molecule has 2 aromatic heterocycles. The summed E-state index contributed by atoms with van der Waals surface area (Å²) in [5.74, 6) is 1.85. The minimum Gasteiger partial charge on any atom is -0.261 e. The predicted molar refractivity (Wildman–Crippen MR) is 77.1 cm³/mol. The van der Waals surface area contributed by atoms with Gasteiger partial charge in [0.15, 0.2) is 5.16 Å². The van der Waals surface area contributed by atoms with Gasteiger partial charge in [0.1, 0.15) is 12.2 Å².